The van der Waals surface area contributed by atoms with Crippen molar-refractivity contribution in [1.82, 2.24) is 4.90 Å². The van der Waals surface area contributed by atoms with Gasteiger partial charge in [0.2, 0.25) is 11.4 Å². The van der Waals surface area contributed by atoms with Gasteiger partial charge in [-0.1, -0.05) is 75.6 Å². The van der Waals surface area contributed by atoms with Crippen LogP contribution in [0.2, 0.25) is 0 Å². The molecule has 11 heteroatoms. The highest BCUT2D eigenvalue weighted by molar-refractivity contribution is 7.38. The summed E-state index contributed by atoms with van der Waals surface area (Å²) in [6.45, 7) is 12.9. The molecule has 10 nitrogen and oxygen atoms in total. The molecule has 0 aliphatic carbocycles. The van der Waals surface area contributed by atoms with Crippen LogP contribution in [0.15, 0.2) is 65.9 Å². The topological polar surface area (TPSA) is 114 Å². The molecule has 0 amide bonds. The number of carbonyl (C=O) groups excluding carboxylic acids is 1. The number of rotatable bonds is 18. The van der Waals surface area contributed by atoms with Gasteiger partial charge in [-0.3, -0.25) is 19.9 Å². The molecule has 2 aromatic carbocycles. The van der Waals surface area contributed by atoms with Gasteiger partial charge in [0.15, 0.2) is 11.7 Å². The summed E-state index contributed by atoms with van der Waals surface area (Å²) in [7, 11) is 1.79. The number of nitrogens with zero attached hydrogens (tertiary/aromatic N) is 3. The third kappa shape index (κ3) is 9.57. The van der Waals surface area contributed by atoms with Crippen molar-refractivity contribution in [1.29, 1.82) is 0 Å². The van der Waals surface area contributed by atoms with E-state index in [1.165, 1.54) is 12.1 Å². The van der Waals surface area contributed by atoms with E-state index >= 15 is 0 Å². The van der Waals surface area contributed by atoms with E-state index in [1.807, 2.05) is 51.2 Å². The Bertz CT molecular complexity index is 1460. The van der Waals surface area contributed by atoms with Crippen molar-refractivity contribution < 1.29 is 33.7 Å². The van der Waals surface area contributed by atoms with Gasteiger partial charge in [-0.2, -0.15) is 0 Å². The Balaban J connectivity index is 2.16. The van der Waals surface area contributed by atoms with Crippen molar-refractivity contribution in [3.05, 3.63) is 87.1 Å². The highest BCUT2D eigenvalue weighted by atomic mass is 31.1. The normalized spacial score (nSPS) is 18.9. The van der Waals surface area contributed by atoms with Crippen molar-refractivity contribution in [2.75, 3.05) is 20.2 Å². The van der Waals surface area contributed by atoms with E-state index in [0.717, 1.165) is 37.7 Å². The SMILES string of the molecule is CCCCC(C)O[N+]1=C(C)C(=PO)C(OC(C)CCCC)(c2cccc([N+](=O)[O-])c2)C(C(=O)OCCN(C)Cc2ccccc2)=C1C. The Hall–Kier alpha value is -3.43. The van der Waals surface area contributed by atoms with Gasteiger partial charge in [0.25, 0.3) is 5.69 Å². The maximum atomic E-state index is 14.4. The number of hydrogen-bond donors (Lipinski definition) is 1. The van der Waals surface area contributed by atoms with Crippen molar-refractivity contribution in [3.63, 3.8) is 0 Å². The van der Waals surface area contributed by atoms with Crippen molar-refractivity contribution in [2.24, 2.45) is 0 Å². The third-order valence-corrected chi connectivity index (χ3v) is 9.20. The Morgan fingerprint density at radius 1 is 1.04 bits per heavy atom. The molecule has 3 atom stereocenters. The molecule has 0 aromatic heterocycles. The van der Waals surface area contributed by atoms with Crippen LogP contribution in [-0.2, 0) is 31.3 Å². The van der Waals surface area contributed by atoms with E-state index in [0.29, 0.717) is 41.8 Å². The van der Waals surface area contributed by atoms with Gasteiger partial charge in [-0.25, -0.2) is 4.79 Å². The van der Waals surface area contributed by atoms with Gasteiger partial charge in [0.05, 0.1) is 19.5 Å². The number of nitro benzene ring substituents is 1. The van der Waals surface area contributed by atoms with Crippen LogP contribution in [0.3, 0.4) is 0 Å². The molecule has 0 bridgehead atoms. The lowest BCUT2D eigenvalue weighted by molar-refractivity contribution is -0.763. The van der Waals surface area contributed by atoms with Crippen LogP contribution in [0.25, 0.3) is 0 Å². The van der Waals surface area contributed by atoms with Crippen LogP contribution in [0, 0.1) is 10.1 Å². The summed E-state index contributed by atoms with van der Waals surface area (Å²) in [4.78, 5) is 45.4. The van der Waals surface area contributed by atoms with Gasteiger partial charge in [0, 0.05) is 49.4 Å². The monoisotopic (exact) mass is 668 g/mol. The molecule has 3 rings (SSSR count). The number of hydrogen-bond acceptors (Lipinski definition) is 8. The van der Waals surface area contributed by atoms with Crippen LogP contribution in [0.4, 0.5) is 5.69 Å². The van der Waals surface area contributed by atoms with E-state index in [9.17, 15) is 19.8 Å². The Morgan fingerprint density at radius 2 is 1.70 bits per heavy atom. The maximum absolute atomic E-state index is 14.4. The largest absolute Gasteiger partial charge is 0.461 e. The summed E-state index contributed by atoms with van der Waals surface area (Å²) in [5, 5.41) is 12.3. The summed E-state index contributed by atoms with van der Waals surface area (Å²) >= 11 is 0. The van der Waals surface area contributed by atoms with Crippen molar-refractivity contribution in [2.45, 2.75) is 104 Å². The zero-order chi connectivity index (χ0) is 34.6. The number of non-ortho nitro benzene ring substituents is 1. The highest BCUT2D eigenvalue weighted by Crippen LogP contribution is 2.45. The minimum atomic E-state index is -1.68. The minimum absolute atomic E-state index is 0.0952. The van der Waals surface area contributed by atoms with Crippen LogP contribution in [-0.4, -0.2) is 68.8 Å². The molecule has 2 aromatic rings. The summed E-state index contributed by atoms with van der Waals surface area (Å²) in [5.74, 6) is -0.645. The predicted molar refractivity (Wildman–Crippen MR) is 186 cm³/mol. The average Bonchev–Trinajstić information content (AvgIpc) is 3.05. The van der Waals surface area contributed by atoms with E-state index in [-0.39, 0.29) is 38.5 Å². The second kappa shape index (κ2) is 18.2. The van der Waals surface area contributed by atoms with Crippen LogP contribution in [0.5, 0.6) is 0 Å². The summed E-state index contributed by atoms with van der Waals surface area (Å²) in [5.41, 5.74) is 0.775. The smallest absolute Gasteiger partial charge is 0.344 e. The minimum Gasteiger partial charge on any atom is -0.461 e. The van der Waals surface area contributed by atoms with E-state index in [2.05, 4.69) is 18.7 Å². The molecule has 0 spiro atoms. The number of allylic oxidation sites excluding steroid dienone is 1. The molecule has 47 heavy (non-hydrogen) atoms. The van der Waals surface area contributed by atoms with Gasteiger partial charge in [-0.05, 0) is 45.7 Å². The molecule has 0 radical (unpaired) electrons. The van der Waals surface area contributed by atoms with E-state index in [4.69, 9.17) is 14.3 Å². The fourth-order valence-corrected chi connectivity index (χ4v) is 6.56. The fraction of sp³-hybridized carbons (Fsp3) is 0.528. The molecule has 1 N–H and O–H groups in total. The Morgan fingerprint density at radius 3 is 2.32 bits per heavy atom. The fourth-order valence-electron chi connectivity index (χ4n) is 5.89. The van der Waals surface area contributed by atoms with Crippen molar-refractivity contribution >= 4 is 31.1 Å². The second-order valence-electron chi connectivity index (χ2n) is 12.3. The number of likely N-dealkylation sites (N-methyl/N-ethyl adjacent to an activating group) is 1. The summed E-state index contributed by atoms with van der Waals surface area (Å²) in [6.07, 6.45) is 4.71. The van der Waals surface area contributed by atoms with Crippen LogP contribution >= 0.6 is 8.43 Å². The molecule has 3 unspecified atom stereocenters. The number of unbranched alkanes of at least 4 members (excludes halogenated alkanes) is 2. The molecule has 0 fully saturated rings. The lowest BCUT2D eigenvalue weighted by Crippen LogP contribution is -2.53. The van der Waals surface area contributed by atoms with Gasteiger partial charge in [-0.15, -0.1) is 0 Å². The zero-order valence-corrected chi connectivity index (χ0v) is 29.8. The second-order valence-corrected chi connectivity index (χ2v) is 12.9. The van der Waals surface area contributed by atoms with Gasteiger partial charge >= 0.3 is 5.97 Å². The first-order chi connectivity index (χ1) is 22.5. The third-order valence-electron chi connectivity index (χ3n) is 8.36. The van der Waals surface area contributed by atoms with Gasteiger partial charge in [0.1, 0.15) is 17.5 Å². The highest BCUT2D eigenvalue weighted by Gasteiger charge is 2.57. The summed E-state index contributed by atoms with van der Waals surface area (Å²) < 4.78 is 14.5. The molecule has 1 heterocycles. The predicted octanol–water partition coefficient (Wildman–Crippen LogP) is 7.36. The Labute approximate surface area is 281 Å². The molecule has 0 saturated carbocycles. The zero-order valence-electron chi connectivity index (χ0n) is 28.9. The number of esters is 1. The molecule has 1 aliphatic heterocycles. The Kier molecular flexibility index (Phi) is 14.7. The lowest BCUT2D eigenvalue weighted by atomic mass is 9.78. The number of hydroxylamine groups is 1. The lowest BCUT2D eigenvalue weighted by Gasteiger charge is -2.39. The quantitative estimate of drug-likeness (QED) is 0.0577. The number of ether oxygens (including phenoxy) is 2. The van der Waals surface area contributed by atoms with E-state index < -0.39 is 16.5 Å². The molecule has 1 aliphatic rings. The molecular weight excluding hydrogens is 617 g/mol. The first kappa shape index (κ1) is 38.0. The van der Waals surface area contributed by atoms with Crippen molar-refractivity contribution in [3.8, 4) is 0 Å². The maximum Gasteiger partial charge on any atom is 0.344 e. The van der Waals surface area contributed by atoms with Crippen LogP contribution < -0.4 is 0 Å². The molecule has 0 saturated heterocycles. The number of nitro groups is 1. The first-order valence-electron chi connectivity index (χ1n) is 16.6. The molecule has 256 valence electrons. The van der Waals surface area contributed by atoms with E-state index in [1.54, 1.807) is 30.7 Å². The number of benzene rings is 2. The standard InChI is InChI=1S/C36H50N3O7P/c1-8-10-16-26(3)45-36(31-20-15-21-32(24-31)39(41)42)33(35(40)44-23-22-37(7)25-30-18-13-12-14-19-30)28(5)38(29(6)34(36)47-43)46-27(4)17-11-9-2/h12-15,18-21,24,26-27H,8-11,16-17,22-23,25H2,1-7H3/p+1. The molecular formula is C36H51N3O7P+. The van der Waals surface area contributed by atoms with Gasteiger partial charge < -0.3 is 14.4 Å². The summed E-state index contributed by atoms with van der Waals surface area (Å²) in [6, 6.07) is 16.1. The van der Waals surface area contributed by atoms with Crippen LogP contribution in [0.1, 0.15) is 91.2 Å². The average molecular weight is 669 g/mol. The first-order valence-corrected chi connectivity index (χ1v) is 17.4. The number of carbonyl (C=O) groups is 1.